The molecule has 0 aliphatic heterocycles. The molecule has 0 spiro atoms. The Kier molecular flexibility index (Phi) is 7.28. The van der Waals surface area contributed by atoms with Crippen LogP contribution in [0.25, 0.3) is 0 Å². The lowest BCUT2D eigenvalue weighted by molar-refractivity contribution is -0.174. The predicted molar refractivity (Wildman–Crippen MR) is 57.2 cm³/mol. The zero-order valence-electron chi connectivity index (χ0n) is 9.56. The summed E-state index contributed by atoms with van der Waals surface area (Å²) in [6, 6.07) is 0. The largest absolute Gasteiger partial charge is 0.593 e. The minimum atomic E-state index is -2.41. The van der Waals surface area contributed by atoms with E-state index in [-0.39, 0.29) is 0 Å². The summed E-state index contributed by atoms with van der Waals surface area (Å²) in [5.41, 5.74) is 0. The Morgan fingerprint density at radius 1 is 1.00 bits per heavy atom. The molecule has 0 saturated carbocycles. The Labute approximate surface area is 87.8 Å². The summed E-state index contributed by atoms with van der Waals surface area (Å²) in [5, 5.41) is 0. The molecule has 0 aromatic carbocycles. The van der Waals surface area contributed by atoms with Gasteiger partial charge in [0, 0.05) is 26.2 Å². The zero-order chi connectivity index (χ0) is 11.1. The first-order valence-corrected chi connectivity index (χ1v) is 6.48. The molecule has 0 N–H and O–H groups in total. The number of rotatable bonds is 7. The van der Waals surface area contributed by atoms with Crippen LogP contribution in [0.15, 0.2) is 0 Å². The van der Waals surface area contributed by atoms with E-state index in [2.05, 4.69) is 0 Å². The molecule has 0 radical (unpaired) electrons. The van der Waals surface area contributed by atoms with E-state index in [1.165, 1.54) is 0 Å². The van der Waals surface area contributed by atoms with E-state index in [1.807, 2.05) is 37.5 Å². The van der Waals surface area contributed by atoms with Crippen LogP contribution in [0.5, 0.6) is 0 Å². The molecule has 0 fully saturated rings. The van der Waals surface area contributed by atoms with Crippen molar-refractivity contribution in [3.63, 3.8) is 0 Å². The van der Waals surface area contributed by atoms with E-state index in [0.717, 1.165) is 26.2 Å². The molecule has 0 heterocycles. The van der Waals surface area contributed by atoms with Gasteiger partial charge in [-0.2, -0.15) is 0 Å². The fourth-order valence-corrected chi connectivity index (χ4v) is 2.78. The average molecular weight is 220 g/mol. The first kappa shape index (κ1) is 14.0. The number of hydrogen-bond acceptors (Lipinski definition) is 4. The van der Waals surface area contributed by atoms with Gasteiger partial charge in [0.05, 0.1) is 0 Å². The Morgan fingerprint density at radius 3 is 1.43 bits per heavy atom. The highest BCUT2D eigenvalue weighted by atomic mass is 31.1. The van der Waals surface area contributed by atoms with Crippen molar-refractivity contribution < 1.29 is 9.46 Å². The molecule has 84 valence electrons. The zero-order valence-corrected chi connectivity index (χ0v) is 10.5. The molecule has 0 aromatic rings. The molecule has 0 saturated heterocycles. The Balaban J connectivity index is 4.62. The van der Waals surface area contributed by atoms with E-state index < -0.39 is 13.9 Å². The molecule has 5 heteroatoms. The summed E-state index contributed by atoms with van der Waals surface area (Å²) in [6.45, 7) is 11.0. The van der Waals surface area contributed by atoms with Gasteiger partial charge in [-0.15, -0.1) is 0 Å². The first-order chi connectivity index (χ1) is 6.62. The molecule has 0 aromatic heterocycles. The normalized spacial score (nSPS) is 13.0. The molecule has 0 aliphatic carbocycles. The van der Waals surface area contributed by atoms with Crippen molar-refractivity contribution >= 4 is 8.03 Å². The van der Waals surface area contributed by atoms with Crippen molar-refractivity contribution in [3.8, 4) is 0 Å². The lowest BCUT2D eigenvalue weighted by Crippen LogP contribution is -2.47. The van der Waals surface area contributed by atoms with Gasteiger partial charge in [-0.1, -0.05) is 32.3 Å². The Bertz CT molecular complexity index is 158. The SMILES string of the molecule is CCN(CC)C(N(CC)CC)[P+](=O)[O-]. The molecule has 0 rings (SSSR count). The smallest absolute Gasteiger partial charge is 0.345 e. The maximum atomic E-state index is 11.2. The summed E-state index contributed by atoms with van der Waals surface area (Å²) >= 11 is 0. The van der Waals surface area contributed by atoms with Gasteiger partial charge in [-0.25, -0.2) is 9.80 Å². The average Bonchev–Trinajstić information content (AvgIpc) is 2.18. The van der Waals surface area contributed by atoms with Crippen molar-refractivity contribution in [1.29, 1.82) is 0 Å². The van der Waals surface area contributed by atoms with Crippen LogP contribution in [0.2, 0.25) is 0 Å². The second kappa shape index (κ2) is 7.30. The van der Waals surface area contributed by atoms with Gasteiger partial charge in [0.1, 0.15) is 0 Å². The minimum absolute atomic E-state index is 0.435. The molecule has 0 amide bonds. The van der Waals surface area contributed by atoms with Crippen molar-refractivity contribution in [3.05, 3.63) is 0 Å². The summed E-state index contributed by atoms with van der Waals surface area (Å²) in [6.07, 6.45) is 0. The van der Waals surface area contributed by atoms with Crippen molar-refractivity contribution in [1.82, 2.24) is 9.80 Å². The fourth-order valence-electron chi connectivity index (χ4n) is 1.60. The van der Waals surface area contributed by atoms with E-state index in [0.29, 0.717) is 0 Å². The molecular formula is C9H21N2O2P. The quantitative estimate of drug-likeness (QED) is 0.475. The highest BCUT2D eigenvalue weighted by Gasteiger charge is 2.32. The monoisotopic (exact) mass is 220 g/mol. The van der Waals surface area contributed by atoms with Gasteiger partial charge in [0.25, 0.3) is 5.91 Å². The van der Waals surface area contributed by atoms with Crippen LogP contribution in [-0.2, 0) is 4.57 Å². The molecule has 0 aliphatic rings. The van der Waals surface area contributed by atoms with Crippen LogP contribution in [-0.4, -0.2) is 41.9 Å². The minimum Gasteiger partial charge on any atom is -0.593 e. The van der Waals surface area contributed by atoms with Gasteiger partial charge in [0.2, 0.25) is 0 Å². The van der Waals surface area contributed by atoms with E-state index >= 15 is 0 Å². The number of nitrogens with zero attached hydrogens (tertiary/aromatic N) is 2. The molecule has 1 unspecified atom stereocenters. The van der Waals surface area contributed by atoms with Gasteiger partial charge >= 0.3 is 8.03 Å². The van der Waals surface area contributed by atoms with E-state index in [9.17, 15) is 9.46 Å². The van der Waals surface area contributed by atoms with Gasteiger partial charge in [-0.3, -0.25) is 0 Å². The van der Waals surface area contributed by atoms with Crippen molar-refractivity contribution in [2.45, 2.75) is 33.6 Å². The van der Waals surface area contributed by atoms with Crippen LogP contribution in [0.3, 0.4) is 0 Å². The van der Waals surface area contributed by atoms with Gasteiger partial charge < -0.3 is 4.89 Å². The van der Waals surface area contributed by atoms with Crippen LogP contribution in [0.1, 0.15) is 27.7 Å². The van der Waals surface area contributed by atoms with Crippen molar-refractivity contribution in [2.75, 3.05) is 26.2 Å². The van der Waals surface area contributed by atoms with Gasteiger partial charge in [-0.05, 0) is 0 Å². The van der Waals surface area contributed by atoms with Crippen LogP contribution >= 0.6 is 8.03 Å². The highest BCUT2D eigenvalue weighted by molar-refractivity contribution is 7.37. The predicted octanol–water partition coefficient (Wildman–Crippen LogP) is 1.06. The second-order valence-corrected chi connectivity index (χ2v) is 4.11. The molecular weight excluding hydrogens is 199 g/mol. The third kappa shape index (κ3) is 3.62. The summed E-state index contributed by atoms with van der Waals surface area (Å²) in [5.74, 6) is -0.435. The van der Waals surface area contributed by atoms with Crippen LogP contribution in [0.4, 0.5) is 0 Å². The lowest BCUT2D eigenvalue weighted by Gasteiger charge is -2.31. The second-order valence-electron chi connectivity index (χ2n) is 3.07. The number of hydrogen-bond donors (Lipinski definition) is 0. The van der Waals surface area contributed by atoms with Gasteiger partial charge in [0.15, 0.2) is 0 Å². The maximum Gasteiger partial charge on any atom is 0.345 e. The first-order valence-electron chi connectivity index (χ1n) is 5.23. The maximum absolute atomic E-state index is 11.2. The highest BCUT2D eigenvalue weighted by Crippen LogP contribution is 2.24. The Morgan fingerprint density at radius 2 is 1.29 bits per heavy atom. The Hall–Kier alpha value is -0.0200. The van der Waals surface area contributed by atoms with Crippen LogP contribution < -0.4 is 4.89 Å². The van der Waals surface area contributed by atoms with E-state index in [4.69, 9.17) is 0 Å². The molecule has 14 heavy (non-hydrogen) atoms. The fraction of sp³-hybridized carbons (Fsp3) is 1.00. The molecule has 0 bridgehead atoms. The van der Waals surface area contributed by atoms with E-state index in [1.54, 1.807) is 0 Å². The lowest BCUT2D eigenvalue weighted by atomic mass is 10.5. The standard InChI is InChI=1S/C9H21N2O2P/c1-5-10(6-2)9(14(12)13)11(7-3)8-4/h9H,5-8H2,1-4H3. The van der Waals surface area contributed by atoms with Crippen LogP contribution in [0, 0.1) is 0 Å². The molecule has 1 atom stereocenters. The molecule has 4 nitrogen and oxygen atoms in total. The summed E-state index contributed by atoms with van der Waals surface area (Å²) < 4.78 is 11.2. The third-order valence-electron chi connectivity index (χ3n) is 2.47. The summed E-state index contributed by atoms with van der Waals surface area (Å²) in [7, 11) is -2.41. The topological polar surface area (TPSA) is 46.6 Å². The third-order valence-corrected chi connectivity index (χ3v) is 3.50. The summed E-state index contributed by atoms with van der Waals surface area (Å²) in [4.78, 5) is 15.1. The van der Waals surface area contributed by atoms with Crippen molar-refractivity contribution in [2.24, 2.45) is 0 Å².